The predicted molar refractivity (Wildman–Crippen MR) is 245 cm³/mol. The second-order valence-electron chi connectivity index (χ2n) is 17.5. The van der Waals surface area contributed by atoms with Gasteiger partial charge in [0.2, 0.25) is 27.8 Å². The summed E-state index contributed by atoms with van der Waals surface area (Å²) >= 11 is 0. The second kappa shape index (κ2) is 21.4. The van der Waals surface area contributed by atoms with Gasteiger partial charge in [0.05, 0.1) is 29.7 Å². The summed E-state index contributed by atoms with van der Waals surface area (Å²) in [5, 5.41) is 5.54. The van der Waals surface area contributed by atoms with E-state index in [1.807, 2.05) is 12.1 Å². The lowest BCUT2D eigenvalue weighted by atomic mass is 9.78. The van der Waals surface area contributed by atoms with Gasteiger partial charge in [0.1, 0.15) is 24.1 Å². The van der Waals surface area contributed by atoms with Crippen molar-refractivity contribution in [3.63, 3.8) is 0 Å². The van der Waals surface area contributed by atoms with E-state index in [1.54, 1.807) is 24.3 Å². The minimum atomic E-state index is -3.47. The molecule has 0 spiro atoms. The molecule has 16 nitrogen and oxygen atoms in total. The number of hydrogen-bond donors (Lipinski definition) is 3. The van der Waals surface area contributed by atoms with Gasteiger partial charge in [-0.3, -0.25) is 34.1 Å². The molecule has 2 fully saturated rings. The Morgan fingerprint density at radius 3 is 2.14 bits per heavy atom. The van der Waals surface area contributed by atoms with Crippen LogP contribution in [-0.4, -0.2) is 110 Å². The van der Waals surface area contributed by atoms with Crippen molar-refractivity contribution >= 4 is 45.3 Å². The van der Waals surface area contributed by atoms with Gasteiger partial charge in [-0.05, 0) is 130 Å². The van der Waals surface area contributed by atoms with Gasteiger partial charge in [0, 0.05) is 43.5 Å². The number of piperidine rings is 2. The maximum absolute atomic E-state index is 13.1. The van der Waals surface area contributed by atoms with Crippen molar-refractivity contribution in [1.29, 1.82) is 0 Å². The molecule has 17 heteroatoms. The molecule has 0 radical (unpaired) electrons. The average molecular weight is 910 g/mol. The number of hydrogen-bond acceptors (Lipinski definition) is 13. The highest BCUT2D eigenvalue weighted by atomic mass is 32.2. The Bertz CT molecular complexity index is 2420. The van der Waals surface area contributed by atoms with Crippen molar-refractivity contribution in [3.8, 4) is 11.5 Å². The molecule has 346 valence electrons. The smallest absolute Gasteiger partial charge is 0.262 e. The Hall–Kier alpha value is -5.91. The number of sulfonamides is 1. The Labute approximate surface area is 380 Å². The first-order chi connectivity index (χ1) is 31.2. The second-order valence-corrected chi connectivity index (χ2v) is 19.2. The van der Waals surface area contributed by atoms with Crippen LogP contribution in [0.1, 0.15) is 103 Å². The fourth-order valence-electron chi connectivity index (χ4n) is 8.33. The Kier molecular flexibility index (Phi) is 15.5. The van der Waals surface area contributed by atoms with Crippen molar-refractivity contribution in [2.24, 2.45) is 5.92 Å². The molecule has 0 saturated carbocycles. The van der Waals surface area contributed by atoms with Crippen molar-refractivity contribution < 1.29 is 41.8 Å². The third kappa shape index (κ3) is 12.7. The molecule has 3 aromatic carbocycles. The molecule has 4 aromatic rings. The highest BCUT2D eigenvalue weighted by molar-refractivity contribution is 7.92. The van der Waals surface area contributed by atoms with E-state index in [0.29, 0.717) is 37.1 Å². The third-order valence-electron chi connectivity index (χ3n) is 12.2. The highest BCUT2D eigenvalue weighted by Gasteiger charge is 2.44. The van der Waals surface area contributed by atoms with E-state index in [9.17, 15) is 27.6 Å². The van der Waals surface area contributed by atoms with Crippen LogP contribution in [0.5, 0.6) is 11.5 Å². The number of likely N-dealkylation sites (tertiary alicyclic amines) is 1. The zero-order chi connectivity index (χ0) is 46.0. The van der Waals surface area contributed by atoms with Gasteiger partial charge in [-0.2, -0.15) is 0 Å². The summed E-state index contributed by atoms with van der Waals surface area (Å²) in [5.74, 6) is 0.0691. The zero-order valence-corrected chi connectivity index (χ0v) is 38.2. The number of imide groups is 2. The number of nitrogens with one attached hydrogen (secondary N) is 3. The molecule has 4 amide bonds. The summed E-state index contributed by atoms with van der Waals surface area (Å²) in [6, 6.07) is 22.1. The van der Waals surface area contributed by atoms with Crippen molar-refractivity contribution in [2.75, 3.05) is 62.3 Å². The Morgan fingerprint density at radius 2 is 1.46 bits per heavy atom. The maximum Gasteiger partial charge on any atom is 0.262 e. The minimum Gasteiger partial charge on any atom is -0.493 e. The van der Waals surface area contributed by atoms with Crippen LogP contribution < -0.4 is 24.8 Å². The fraction of sp³-hybridized carbons (Fsp3) is 0.458. The molecular formula is C48H59N7O9S. The van der Waals surface area contributed by atoms with Gasteiger partial charge in [-0.15, -0.1) is 0 Å². The van der Waals surface area contributed by atoms with E-state index in [2.05, 4.69) is 80.5 Å². The van der Waals surface area contributed by atoms with Gasteiger partial charge in [0.15, 0.2) is 0 Å². The number of carbonyl (C=O) groups is 4. The molecule has 2 saturated heterocycles. The van der Waals surface area contributed by atoms with E-state index >= 15 is 0 Å². The molecule has 0 aliphatic carbocycles. The molecular weight excluding hydrogens is 851 g/mol. The summed E-state index contributed by atoms with van der Waals surface area (Å²) in [5.41, 5.74) is 3.89. The van der Waals surface area contributed by atoms with Crippen LogP contribution in [0.3, 0.4) is 0 Å². The SMILES string of the molecule is CC(C)(c1ccc(OCc2ccnc(NS(C)(=O)=O)n2)cc1)c1ccc(OCC2CCN(CCCCOCCCCNc3ccc4c(c3)C(=O)N(C3CCC(=O)NC3=O)C4=O)CC2)cc1. The molecule has 0 bridgehead atoms. The van der Waals surface area contributed by atoms with Gasteiger partial charge >= 0.3 is 0 Å². The van der Waals surface area contributed by atoms with E-state index in [1.165, 1.54) is 11.8 Å². The summed E-state index contributed by atoms with van der Waals surface area (Å²) in [7, 11) is -3.47. The Balaban J connectivity index is 0.720. The van der Waals surface area contributed by atoms with Crippen LogP contribution in [0.4, 0.5) is 11.6 Å². The number of anilines is 2. The third-order valence-corrected chi connectivity index (χ3v) is 12.8. The van der Waals surface area contributed by atoms with Gasteiger partial charge in [-0.1, -0.05) is 38.1 Å². The van der Waals surface area contributed by atoms with Crippen LogP contribution in [-0.2, 0) is 36.4 Å². The fourth-order valence-corrected chi connectivity index (χ4v) is 8.76. The van der Waals surface area contributed by atoms with Crippen molar-refractivity contribution in [3.05, 3.63) is 107 Å². The molecule has 1 unspecified atom stereocenters. The van der Waals surface area contributed by atoms with Crippen molar-refractivity contribution in [2.45, 2.75) is 83.3 Å². The van der Waals surface area contributed by atoms with Gasteiger partial charge in [-0.25, -0.2) is 18.4 Å². The number of benzene rings is 3. The molecule has 4 heterocycles. The average Bonchev–Trinajstić information content (AvgIpc) is 3.53. The molecule has 7 rings (SSSR count). The Morgan fingerprint density at radius 1 is 0.800 bits per heavy atom. The number of fused-ring (bicyclic) bond motifs is 1. The monoisotopic (exact) mass is 909 g/mol. The van der Waals surface area contributed by atoms with Crippen LogP contribution in [0.2, 0.25) is 0 Å². The predicted octanol–water partition coefficient (Wildman–Crippen LogP) is 5.93. The molecule has 3 aliphatic heterocycles. The van der Waals surface area contributed by atoms with Crippen LogP contribution in [0.15, 0.2) is 79.0 Å². The summed E-state index contributed by atoms with van der Waals surface area (Å²) in [6.07, 6.45) is 8.91. The van der Waals surface area contributed by atoms with Crippen molar-refractivity contribution in [1.82, 2.24) is 25.1 Å². The summed E-state index contributed by atoms with van der Waals surface area (Å²) < 4.78 is 43.4. The molecule has 65 heavy (non-hydrogen) atoms. The first kappa shape index (κ1) is 47.1. The standard InChI is InChI=1S/C48H59N7O9S/c1-48(2,35-10-15-39(16-11-35)64-32-37-20-24-50-47(51-37)53-65(3,60)61)34-8-13-38(14-9-34)63-31-33-21-26-54(27-22-33)25-5-7-29-62-28-6-4-23-49-36-12-17-40-41(30-36)46(59)55(45(40)58)42-18-19-43(56)52-44(42)57/h8-17,20,24,30,33,42,49H,4-7,18-19,21-23,25-29,31-32H2,1-3H3,(H,50,51,53)(H,52,56,57). The topological polar surface area (TPSA) is 198 Å². The number of carbonyl (C=O) groups excluding carboxylic acids is 4. The summed E-state index contributed by atoms with van der Waals surface area (Å²) in [4.78, 5) is 61.5. The van der Waals surface area contributed by atoms with E-state index in [-0.39, 0.29) is 41.9 Å². The highest BCUT2D eigenvalue weighted by Crippen LogP contribution is 2.34. The quantitative estimate of drug-likeness (QED) is 0.0620. The van der Waals surface area contributed by atoms with E-state index < -0.39 is 39.7 Å². The molecule has 3 aliphatic rings. The molecule has 1 aromatic heterocycles. The molecule has 3 N–H and O–H groups in total. The largest absolute Gasteiger partial charge is 0.493 e. The van der Waals surface area contributed by atoms with Gasteiger partial charge < -0.3 is 24.4 Å². The van der Waals surface area contributed by atoms with Crippen LogP contribution in [0, 0.1) is 5.92 Å². The van der Waals surface area contributed by atoms with Crippen LogP contribution in [0.25, 0.3) is 0 Å². The minimum absolute atomic E-state index is 0.00909. The zero-order valence-electron chi connectivity index (χ0n) is 37.3. The molecule has 1 atom stereocenters. The van der Waals surface area contributed by atoms with E-state index in [0.717, 1.165) is 92.9 Å². The van der Waals surface area contributed by atoms with E-state index in [4.69, 9.17) is 14.2 Å². The first-order valence-corrected chi connectivity index (χ1v) is 24.3. The first-order valence-electron chi connectivity index (χ1n) is 22.4. The van der Waals surface area contributed by atoms with Gasteiger partial charge in [0.25, 0.3) is 11.8 Å². The number of rotatable bonds is 22. The summed E-state index contributed by atoms with van der Waals surface area (Å²) in [6.45, 7) is 10.6. The lowest BCUT2D eigenvalue weighted by Crippen LogP contribution is -2.54. The number of amides is 4. The van der Waals surface area contributed by atoms with Crippen LogP contribution >= 0.6 is 0 Å². The number of ether oxygens (including phenoxy) is 3. The number of nitrogens with zero attached hydrogens (tertiary/aromatic N) is 4. The number of aromatic nitrogens is 2. The normalized spacial score (nSPS) is 17.2. The maximum atomic E-state index is 13.1. The lowest BCUT2D eigenvalue weighted by molar-refractivity contribution is -0.136. The number of unbranched alkanes of at least 4 members (excludes halogenated alkanes) is 2. The lowest BCUT2D eigenvalue weighted by Gasteiger charge is -2.32.